The lowest BCUT2D eigenvalue weighted by atomic mass is 10.1. The summed E-state index contributed by atoms with van der Waals surface area (Å²) in [6.45, 7) is 1.90. The molecule has 0 saturated heterocycles. The number of hydrogen-bond acceptors (Lipinski definition) is 4. The van der Waals surface area contributed by atoms with E-state index in [2.05, 4.69) is 9.97 Å². The van der Waals surface area contributed by atoms with E-state index in [0.29, 0.717) is 22.7 Å². The summed E-state index contributed by atoms with van der Waals surface area (Å²) in [5, 5.41) is 10.5. The van der Waals surface area contributed by atoms with E-state index in [1.165, 1.54) is 0 Å². The third-order valence-electron chi connectivity index (χ3n) is 4.45. The van der Waals surface area contributed by atoms with Crippen molar-refractivity contribution in [3.05, 3.63) is 59.4 Å². The van der Waals surface area contributed by atoms with E-state index in [1.807, 2.05) is 49.4 Å². The Morgan fingerprint density at radius 2 is 1.85 bits per heavy atom. The summed E-state index contributed by atoms with van der Waals surface area (Å²) in [6.07, 6.45) is 0.493. The predicted molar refractivity (Wildman–Crippen MR) is 103 cm³/mol. The number of hydrogen-bond donors (Lipinski definition) is 1. The lowest BCUT2D eigenvalue weighted by molar-refractivity contribution is 0.0710. The Hall–Kier alpha value is -2.50. The van der Waals surface area contributed by atoms with E-state index < -0.39 is 0 Å². The van der Waals surface area contributed by atoms with Crippen LogP contribution in [0.25, 0.3) is 22.2 Å². The number of benzene rings is 2. The number of halogens is 1. The summed E-state index contributed by atoms with van der Waals surface area (Å²) in [5.74, 6) is -0.170. The zero-order chi connectivity index (χ0) is 18.7. The van der Waals surface area contributed by atoms with Crippen LogP contribution in [0.4, 0.5) is 0 Å². The van der Waals surface area contributed by atoms with Crippen LogP contribution in [0.3, 0.4) is 0 Å². The number of nitrogens with zero attached hydrogens (tertiary/aromatic N) is 3. The molecule has 1 heterocycles. The van der Waals surface area contributed by atoms with Crippen molar-refractivity contribution in [1.82, 2.24) is 14.9 Å². The molecule has 6 heteroatoms. The summed E-state index contributed by atoms with van der Waals surface area (Å²) < 4.78 is 0. The molecular weight excluding hydrogens is 350 g/mol. The van der Waals surface area contributed by atoms with Gasteiger partial charge >= 0.3 is 0 Å². The van der Waals surface area contributed by atoms with Gasteiger partial charge in [-0.15, -0.1) is 0 Å². The van der Waals surface area contributed by atoms with Gasteiger partial charge in [-0.25, -0.2) is 9.97 Å². The second-order valence-electron chi connectivity index (χ2n) is 6.17. The minimum Gasteiger partial charge on any atom is -0.396 e. The predicted octanol–water partition coefficient (Wildman–Crippen LogP) is 3.79. The molecule has 5 nitrogen and oxygen atoms in total. The van der Waals surface area contributed by atoms with Crippen molar-refractivity contribution in [2.75, 3.05) is 13.7 Å². The molecule has 3 rings (SSSR count). The fourth-order valence-corrected chi connectivity index (χ4v) is 2.99. The number of aromatic nitrogens is 2. The second-order valence-corrected chi connectivity index (χ2v) is 6.58. The third kappa shape index (κ3) is 3.54. The number of carbonyl (C=O) groups is 1. The molecule has 0 radical (unpaired) electrons. The summed E-state index contributed by atoms with van der Waals surface area (Å²) >= 11 is 6.36. The Bertz CT molecular complexity index is 945. The van der Waals surface area contributed by atoms with Crippen molar-refractivity contribution in [3.8, 4) is 11.3 Å². The van der Waals surface area contributed by atoms with Gasteiger partial charge in [0, 0.05) is 35.7 Å². The Kier molecular flexibility index (Phi) is 5.49. The fraction of sp³-hybridized carbons (Fsp3) is 0.250. The summed E-state index contributed by atoms with van der Waals surface area (Å²) in [5.41, 5.74) is 2.07. The van der Waals surface area contributed by atoms with Crippen LogP contribution in [-0.2, 0) is 0 Å². The van der Waals surface area contributed by atoms with Crippen LogP contribution in [0, 0.1) is 0 Å². The number of para-hydroxylation sites is 1. The van der Waals surface area contributed by atoms with Crippen LogP contribution in [0.1, 0.15) is 24.0 Å². The van der Waals surface area contributed by atoms with Crippen molar-refractivity contribution < 1.29 is 9.90 Å². The molecule has 134 valence electrons. The highest BCUT2D eigenvalue weighted by atomic mass is 35.5. The van der Waals surface area contributed by atoms with Crippen molar-refractivity contribution in [2.45, 2.75) is 19.4 Å². The van der Waals surface area contributed by atoms with Crippen molar-refractivity contribution in [2.24, 2.45) is 0 Å². The van der Waals surface area contributed by atoms with Crippen LogP contribution in [0.15, 0.2) is 48.5 Å². The van der Waals surface area contributed by atoms with Gasteiger partial charge in [-0.2, -0.15) is 0 Å². The van der Waals surface area contributed by atoms with Gasteiger partial charge in [-0.05, 0) is 25.5 Å². The summed E-state index contributed by atoms with van der Waals surface area (Å²) in [4.78, 5) is 23.4. The Morgan fingerprint density at radius 3 is 2.58 bits per heavy atom. The molecule has 0 saturated carbocycles. The molecule has 0 aliphatic rings. The number of rotatable bonds is 5. The van der Waals surface area contributed by atoms with E-state index >= 15 is 0 Å². The molecule has 0 spiro atoms. The first-order valence-corrected chi connectivity index (χ1v) is 8.80. The molecule has 0 unspecified atom stereocenters. The average Bonchev–Trinajstić information content (AvgIpc) is 2.66. The zero-order valence-corrected chi connectivity index (χ0v) is 15.4. The summed E-state index contributed by atoms with van der Waals surface area (Å²) in [7, 11) is 1.69. The normalized spacial score (nSPS) is 12.2. The topological polar surface area (TPSA) is 66.3 Å². The standard InChI is InChI=1S/C20H20ClN3O2/c1-13(11-12-25)24(2)20(26)19-22-17-10-6-4-8-15(17)18(23-19)14-7-3-5-9-16(14)21/h3-10,13,25H,11-12H2,1-2H3/t13-/m1/s1. The van der Waals surface area contributed by atoms with Gasteiger partial charge in [0.25, 0.3) is 5.91 Å². The van der Waals surface area contributed by atoms with E-state index in [1.54, 1.807) is 18.0 Å². The van der Waals surface area contributed by atoms with E-state index in [-0.39, 0.29) is 24.4 Å². The van der Waals surface area contributed by atoms with Gasteiger partial charge in [0.15, 0.2) is 0 Å². The molecule has 1 amide bonds. The van der Waals surface area contributed by atoms with Gasteiger partial charge in [-0.3, -0.25) is 4.79 Å². The first-order valence-electron chi connectivity index (χ1n) is 8.42. The van der Waals surface area contributed by atoms with Crippen LogP contribution < -0.4 is 0 Å². The number of carbonyl (C=O) groups excluding carboxylic acids is 1. The Morgan fingerprint density at radius 1 is 1.15 bits per heavy atom. The van der Waals surface area contributed by atoms with Gasteiger partial charge in [0.1, 0.15) is 0 Å². The fourth-order valence-electron chi connectivity index (χ4n) is 2.77. The molecule has 2 aromatic carbocycles. The van der Waals surface area contributed by atoms with Gasteiger partial charge in [0.05, 0.1) is 11.2 Å². The monoisotopic (exact) mass is 369 g/mol. The molecule has 0 fully saturated rings. The highest BCUT2D eigenvalue weighted by Crippen LogP contribution is 2.31. The van der Waals surface area contributed by atoms with Crippen LogP contribution in [-0.4, -0.2) is 45.6 Å². The molecule has 3 aromatic rings. The van der Waals surface area contributed by atoms with Crippen molar-refractivity contribution >= 4 is 28.4 Å². The molecule has 1 N–H and O–H groups in total. The third-order valence-corrected chi connectivity index (χ3v) is 4.78. The van der Waals surface area contributed by atoms with Gasteiger partial charge < -0.3 is 10.0 Å². The van der Waals surface area contributed by atoms with Gasteiger partial charge in [0.2, 0.25) is 5.82 Å². The Balaban J connectivity index is 2.14. The molecular formula is C20H20ClN3O2. The quantitative estimate of drug-likeness (QED) is 0.743. The maximum absolute atomic E-state index is 12.9. The lowest BCUT2D eigenvalue weighted by Crippen LogP contribution is -2.36. The largest absolute Gasteiger partial charge is 0.396 e. The second kappa shape index (κ2) is 7.81. The molecule has 0 aliphatic heterocycles. The Labute approximate surface area is 157 Å². The maximum atomic E-state index is 12.9. The van der Waals surface area contributed by atoms with Crippen LogP contribution >= 0.6 is 11.6 Å². The van der Waals surface area contributed by atoms with Gasteiger partial charge in [-0.1, -0.05) is 48.0 Å². The van der Waals surface area contributed by atoms with Crippen LogP contribution in [0.5, 0.6) is 0 Å². The smallest absolute Gasteiger partial charge is 0.291 e. The minimum atomic E-state index is -0.287. The number of amides is 1. The van der Waals surface area contributed by atoms with E-state index in [9.17, 15) is 4.79 Å². The zero-order valence-electron chi connectivity index (χ0n) is 14.7. The number of aliphatic hydroxyl groups is 1. The maximum Gasteiger partial charge on any atom is 0.291 e. The van der Waals surface area contributed by atoms with Crippen molar-refractivity contribution in [3.63, 3.8) is 0 Å². The molecule has 1 atom stereocenters. The lowest BCUT2D eigenvalue weighted by Gasteiger charge is -2.24. The molecule has 26 heavy (non-hydrogen) atoms. The highest BCUT2D eigenvalue weighted by Gasteiger charge is 2.22. The van der Waals surface area contributed by atoms with Crippen LogP contribution in [0.2, 0.25) is 5.02 Å². The minimum absolute atomic E-state index is 0.0161. The summed E-state index contributed by atoms with van der Waals surface area (Å²) in [6, 6.07) is 14.8. The molecule has 0 bridgehead atoms. The molecule has 1 aromatic heterocycles. The first kappa shape index (κ1) is 18.3. The first-order chi connectivity index (χ1) is 12.5. The average molecular weight is 370 g/mol. The van der Waals surface area contributed by atoms with E-state index in [0.717, 1.165) is 10.9 Å². The SMILES string of the molecule is C[C@H](CCO)N(C)C(=O)c1nc(-c2ccccc2Cl)c2ccccc2n1. The van der Waals surface area contributed by atoms with E-state index in [4.69, 9.17) is 16.7 Å². The number of fused-ring (bicyclic) bond motifs is 1. The van der Waals surface area contributed by atoms with Crippen molar-refractivity contribution in [1.29, 1.82) is 0 Å². The number of aliphatic hydroxyl groups excluding tert-OH is 1. The molecule has 0 aliphatic carbocycles. The highest BCUT2D eigenvalue weighted by molar-refractivity contribution is 6.33.